The third kappa shape index (κ3) is 3.14. The smallest absolute Gasteiger partial charge is 0.281 e. The number of likely N-dealkylation sites (N-methyl/N-ethyl adjacent to an activating group) is 1. The fourth-order valence-corrected chi connectivity index (χ4v) is 3.20. The molecule has 1 saturated heterocycles. The van der Waals surface area contributed by atoms with E-state index in [-0.39, 0.29) is 5.91 Å². The van der Waals surface area contributed by atoms with Gasteiger partial charge in [0.2, 0.25) is 0 Å². The molecule has 3 rings (SSSR count). The highest BCUT2D eigenvalue weighted by molar-refractivity contribution is 7.80. The number of aryl methyl sites for hydroxylation is 1. The van der Waals surface area contributed by atoms with Crippen LogP contribution >= 0.6 is 23.8 Å². The summed E-state index contributed by atoms with van der Waals surface area (Å²) in [6.07, 6.45) is 1.74. The Balaban J connectivity index is 2.03. The van der Waals surface area contributed by atoms with Crippen molar-refractivity contribution in [3.63, 3.8) is 0 Å². The van der Waals surface area contributed by atoms with Crippen molar-refractivity contribution in [1.82, 2.24) is 4.90 Å². The molecule has 1 heterocycles. The van der Waals surface area contributed by atoms with E-state index in [0.29, 0.717) is 27.1 Å². The molecular formula is C19H14ClN3OS. The van der Waals surface area contributed by atoms with Gasteiger partial charge in [-0.3, -0.25) is 9.69 Å². The van der Waals surface area contributed by atoms with Crippen molar-refractivity contribution in [1.29, 1.82) is 5.26 Å². The Bertz CT molecular complexity index is 961. The first kappa shape index (κ1) is 17.2. The second-order valence-electron chi connectivity index (χ2n) is 5.68. The molecule has 0 aliphatic carbocycles. The van der Waals surface area contributed by atoms with Crippen LogP contribution in [0.3, 0.4) is 0 Å². The average molecular weight is 368 g/mol. The average Bonchev–Trinajstić information content (AvgIpc) is 2.79. The lowest BCUT2D eigenvalue weighted by Crippen LogP contribution is -2.31. The molecule has 0 saturated carbocycles. The number of halogens is 1. The van der Waals surface area contributed by atoms with Crippen molar-refractivity contribution < 1.29 is 4.79 Å². The van der Waals surface area contributed by atoms with Crippen LogP contribution in [0.25, 0.3) is 6.08 Å². The maximum Gasteiger partial charge on any atom is 0.281 e. The minimum atomic E-state index is -0.208. The fraction of sp³-hybridized carbons (Fsp3) is 0.105. The summed E-state index contributed by atoms with van der Waals surface area (Å²) in [5.41, 5.74) is 3.33. The van der Waals surface area contributed by atoms with Gasteiger partial charge < -0.3 is 4.90 Å². The lowest BCUT2D eigenvalue weighted by Gasteiger charge is -2.18. The molecule has 0 bridgehead atoms. The number of carbonyl (C=O) groups excluding carboxylic acids is 1. The number of hydrogen-bond acceptors (Lipinski definition) is 3. The molecule has 0 atom stereocenters. The molecule has 2 aromatic carbocycles. The number of nitriles is 1. The number of hydrogen-bond donors (Lipinski definition) is 0. The SMILES string of the molecule is Cc1cc(Cl)ccc1N1C(=O)/C(=C\c2cccc(C#N)c2)N(C)C1=S. The summed E-state index contributed by atoms with van der Waals surface area (Å²) in [5.74, 6) is -0.208. The number of benzene rings is 2. The van der Waals surface area contributed by atoms with Crippen LogP contribution in [0.1, 0.15) is 16.7 Å². The van der Waals surface area contributed by atoms with Crippen LogP contribution in [0.5, 0.6) is 0 Å². The third-order valence-electron chi connectivity index (χ3n) is 3.98. The topological polar surface area (TPSA) is 47.3 Å². The number of amides is 1. The highest BCUT2D eigenvalue weighted by Crippen LogP contribution is 2.31. The van der Waals surface area contributed by atoms with E-state index in [4.69, 9.17) is 29.1 Å². The number of rotatable bonds is 2. The van der Waals surface area contributed by atoms with Gasteiger partial charge in [0, 0.05) is 12.1 Å². The zero-order valence-corrected chi connectivity index (χ0v) is 15.2. The molecule has 2 aromatic rings. The van der Waals surface area contributed by atoms with E-state index < -0.39 is 0 Å². The van der Waals surface area contributed by atoms with Crippen molar-refractivity contribution in [2.24, 2.45) is 0 Å². The molecule has 6 heteroatoms. The van der Waals surface area contributed by atoms with Crippen molar-refractivity contribution >= 4 is 46.6 Å². The first-order valence-corrected chi connectivity index (χ1v) is 8.31. The third-order valence-corrected chi connectivity index (χ3v) is 4.67. The largest absolute Gasteiger partial charge is 0.317 e. The Hall–Kier alpha value is -2.68. The van der Waals surface area contributed by atoms with Crippen molar-refractivity contribution in [3.8, 4) is 6.07 Å². The lowest BCUT2D eigenvalue weighted by atomic mass is 10.1. The summed E-state index contributed by atoms with van der Waals surface area (Å²) in [7, 11) is 1.76. The van der Waals surface area contributed by atoms with Crippen molar-refractivity contribution in [2.75, 3.05) is 11.9 Å². The Morgan fingerprint density at radius 3 is 2.68 bits per heavy atom. The molecule has 0 unspecified atom stereocenters. The van der Waals surface area contributed by atoms with Crippen LogP contribution in [0.15, 0.2) is 48.2 Å². The van der Waals surface area contributed by atoms with Gasteiger partial charge in [-0.15, -0.1) is 0 Å². The molecule has 4 nitrogen and oxygen atoms in total. The summed E-state index contributed by atoms with van der Waals surface area (Å²) in [6.45, 7) is 1.88. The molecule has 1 amide bonds. The monoisotopic (exact) mass is 367 g/mol. The summed E-state index contributed by atoms with van der Waals surface area (Å²) in [5, 5.41) is 10.0. The van der Waals surface area contributed by atoms with Gasteiger partial charge in [-0.1, -0.05) is 23.7 Å². The van der Waals surface area contributed by atoms with Crippen LogP contribution in [0, 0.1) is 18.3 Å². The van der Waals surface area contributed by atoms with Crippen LogP contribution in [0.2, 0.25) is 5.02 Å². The summed E-state index contributed by atoms with van der Waals surface area (Å²) < 4.78 is 0. The highest BCUT2D eigenvalue weighted by atomic mass is 35.5. The second-order valence-corrected chi connectivity index (χ2v) is 6.48. The quantitative estimate of drug-likeness (QED) is 0.591. The predicted octanol–water partition coefficient (Wildman–Crippen LogP) is 4.12. The summed E-state index contributed by atoms with van der Waals surface area (Å²) in [4.78, 5) is 16.1. The summed E-state index contributed by atoms with van der Waals surface area (Å²) >= 11 is 11.5. The maximum atomic E-state index is 13.0. The molecular weight excluding hydrogens is 354 g/mol. The van der Waals surface area contributed by atoms with Crippen LogP contribution < -0.4 is 4.90 Å². The van der Waals surface area contributed by atoms with E-state index in [9.17, 15) is 4.79 Å². The zero-order valence-electron chi connectivity index (χ0n) is 13.7. The van der Waals surface area contributed by atoms with Gasteiger partial charge >= 0.3 is 0 Å². The Morgan fingerprint density at radius 2 is 2.00 bits per heavy atom. The maximum absolute atomic E-state index is 13.0. The molecule has 0 N–H and O–H groups in total. The molecule has 1 aliphatic rings. The Labute approximate surface area is 156 Å². The molecule has 0 aromatic heterocycles. The van der Waals surface area contributed by atoms with Crippen molar-refractivity contribution in [3.05, 3.63) is 69.9 Å². The van der Waals surface area contributed by atoms with Gasteiger partial charge in [-0.25, -0.2) is 0 Å². The van der Waals surface area contributed by atoms with Gasteiger partial charge in [0.25, 0.3) is 5.91 Å². The Morgan fingerprint density at radius 1 is 1.24 bits per heavy atom. The standard InChI is InChI=1S/C19H14ClN3OS/c1-12-8-15(20)6-7-16(12)23-18(24)17(22(2)19(23)25)10-13-4-3-5-14(9-13)11-21/h3-10H,1-2H3/b17-10+. The van der Waals surface area contributed by atoms with Crippen LogP contribution in [-0.2, 0) is 4.79 Å². The van der Waals surface area contributed by atoms with Gasteiger partial charge in [0.15, 0.2) is 5.11 Å². The van der Waals surface area contributed by atoms with E-state index in [1.165, 1.54) is 4.90 Å². The minimum Gasteiger partial charge on any atom is -0.317 e. The van der Waals surface area contributed by atoms with Crippen LogP contribution in [-0.4, -0.2) is 23.0 Å². The molecule has 124 valence electrons. The molecule has 0 spiro atoms. The number of nitrogens with zero attached hydrogens (tertiary/aromatic N) is 3. The molecule has 1 aliphatic heterocycles. The first-order valence-electron chi connectivity index (χ1n) is 7.52. The van der Waals surface area contributed by atoms with E-state index in [1.54, 1.807) is 54.4 Å². The van der Waals surface area contributed by atoms with Gasteiger partial charge in [-0.05, 0) is 66.7 Å². The van der Waals surface area contributed by atoms with E-state index in [2.05, 4.69) is 6.07 Å². The second kappa shape index (κ2) is 6.67. The highest BCUT2D eigenvalue weighted by Gasteiger charge is 2.37. The first-order chi connectivity index (χ1) is 11.9. The van der Waals surface area contributed by atoms with Gasteiger partial charge in [0.05, 0.1) is 17.3 Å². The van der Waals surface area contributed by atoms with E-state index in [0.717, 1.165) is 11.1 Å². The van der Waals surface area contributed by atoms with Crippen molar-refractivity contribution in [2.45, 2.75) is 6.92 Å². The van der Waals surface area contributed by atoms with Gasteiger partial charge in [0.1, 0.15) is 5.70 Å². The lowest BCUT2D eigenvalue weighted by molar-refractivity contribution is -0.114. The Kier molecular flexibility index (Phi) is 4.58. The molecule has 0 radical (unpaired) electrons. The number of thiocarbonyl (C=S) groups is 1. The zero-order chi connectivity index (χ0) is 18.1. The van der Waals surface area contributed by atoms with E-state index in [1.807, 2.05) is 13.0 Å². The van der Waals surface area contributed by atoms with E-state index >= 15 is 0 Å². The number of carbonyl (C=O) groups is 1. The molecule has 1 fully saturated rings. The van der Waals surface area contributed by atoms with Crippen LogP contribution in [0.4, 0.5) is 5.69 Å². The molecule has 25 heavy (non-hydrogen) atoms. The normalized spacial score (nSPS) is 15.8. The number of anilines is 1. The summed E-state index contributed by atoms with van der Waals surface area (Å²) in [6, 6.07) is 14.5. The minimum absolute atomic E-state index is 0.208. The predicted molar refractivity (Wildman–Crippen MR) is 103 cm³/mol. The fourth-order valence-electron chi connectivity index (χ4n) is 2.69. The van der Waals surface area contributed by atoms with Gasteiger partial charge in [-0.2, -0.15) is 5.26 Å².